The van der Waals surface area contributed by atoms with Crippen LogP contribution >= 0.6 is 0 Å². The molecule has 0 aromatic carbocycles. The Bertz CT molecular complexity index is 1280. The maximum absolute atomic E-state index is 13.1. The van der Waals surface area contributed by atoms with Crippen LogP contribution in [0.1, 0.15) is 354 Å². The van der Waals surface area contributed by atoms with Gasteiger partial charge in [0.2, 0.25) is 5.91 Å². The van der Waals surface area contributed by atoms with Gasteiger partial charge in [-0.25, -0.2) is 0 Å². The second kappa shape index (κ2) is 58.9. The standard InChI is InChI=1S/C69H133NO8/c1-3-5-7-9-11-13-15-17-19-20-21-22-23-24-25-26-27-28-29-30-31-32-33-34-35-36-37-38-39-40-41-42-43-44-45-47-49-51-53-55-57-59-65(73)70-62(61-77-69-68(76)67(75)66(74)64(60-71)78-69)63(72)58-56-54-52-50-48-46-18-16-14-12-10-8-6-4-2/h15,17,20-21,62-64,66-69,71-72,74-76H,3-14,16,18-19,22-61H2,1-2H3,(H,70,73)/b17-15-,21-20-. The van der Waals surface area contributed by atoms with Gasteiger partial charge in [0.25, 0.3) is 0 Å². The summed E-state index contributed by atoms with van der Waals surface area (Å²) in [6, 6.07) is -0.715. The van der Waals surface area contributed by atoms with Gasteiger partial charge < -0.3 is 40.3 Å². The van der Waals surface area contributed by atoms with E-state index < -0.39 is 49.5 Å². The number of allylic oxidation sites excluding steroid dienone is 4. The molecule has 1 heterocycles. The monoisotopic (exact) mass is 1100 g/mol. The lowest BCUT2D eigenvalue weighted by atomic mass is 9.99. The number of aliphatic hydroxyl groups is 5. The second-order valence-corrected chi connectivity index (χ2v) is 24.3. The van der Waals surface area contributed by atoms with Crippen LogP contribution in [0, 0.1) is 0 Å². The number of ether oxygens (including phenoxy) is 2. The molecule has 9 nitrogen and oxygen atoms in total. The Morgan fingerprint density at radius 2 is 0.756 bits per heavy atom. The molecule has 462 valence electrons. The van der Waals surface area contributed by atoms with Gasteiger partial charge in [-0.05, 0) is 44.9 Å². The summed E-state index contributed by atoms with van der Waals surface area (Å²) in [5.41, 5.74) is 0. The first-order valence-corrected chi connectivity index (χ1v) is 34.5. The molecule has 1 fully saturated rings. The van der Waals surface area contributed by atoms with E-state index in [9.17, 15) is 30.3 Å². The van der Waals surface area contributed by atoms with Gasteiger partial charge in [-0.3, -0.25) is 4.79 Å². The molecule has 78 heavy (non-hydrogen) atoms. The van der Waals surface area contributed by atoms with Crippen molar-refractivity contribution in [1.82, 2.24) is 5.32 Å². The van der Waals surface area contributed by atoms with E-state index in [0.29, 0.717) is 12.8 Å². The molecular weight excluding hydrogens is 971 g/mol. The van der Waals surface area contributed by atoms with Gasteiger partial charge in [0.15, 0.2) is 6.29 Å². The van der Waals surface area contributed by atoms with Crippen LogP contribution in [0.25, 0.3) is 0 Å². The van der Waals surface area contributed by atoms with Crippen molar-refractivity contribution in [2.75, 3.05) is 13.2 Å². The van der Waals surface area contributed by atoms with Crippen molar-refractivity contribution >= 4 is 5.91 Å². The van der Waals surface area contributed by atoms with Gasteiger partial charge in [0.1, 0.15) is 24.4 Å². The van der Waals surface area contributed by atoms with Gasteiger partial charge in [-0.1, -0.05) is 327 Å². The zero-order valence-electron chi connectivity index (χ0n) is 51.7. The maximum Gasteiger partial charge on any atom is 0.220 e. The zero-order valence-corrected chi connectivity index (χ0v) is 51.7. The van der Waals surface area contributed by atoms with Crippen molar-refractivity contribution in [2.45, 2.75) is 397 Å². The zero-order chi connectivity index (χ0) is 56.5. The molecule has 7 atom stereocenters. The van der Waals surface area contributed by atoms with Crippen LogP contribution in [0.3, 0.4) is 0 Å². The van der Waals surface area contributed by atoms with Gasteiger partial charge in [-0.15, -0.1) is 0 Å². The summed E-state index contributed by atoms with van der Waals surface area (Å²) < 4.78 is 11.3. The largest absolute Gasteiger partial charge is 0.394 e. The van der Waals surface area contributed by atoms with E-state index >= 15 is 0 Å². The van der Waals surface area contributed by atoms with Gasteiger partial charge in [0.05, 0.1) is 25.4 Å². The topological polar surface area (TPSA) is 149 Å². The number of rotatable bonds is 61. The highest BCUT2D eigenvalue weighted by Crippen LogP contribution is 2.24. The van der Waals surface area contributed by atoms with E-state index in [1.165, 1.54) is 283 Å². The van der Waals surface area contributed by atoms with Crippen LogP contribution in [0.5, 0.6) is 0 Å². The highest BCUT2D eigenvalue weighted by atomic mass is 16.7. The molecule has 0 bridgehead atoms. The number of hydrogen-bond donors (Lipinski definition) is 6. The smallest absolute Gasteiger partial charge is 0.220 e. The number of carbonyl (C=O) groups is 1. The number of hydrogen-bond acceptors (Lipinski definition) is 8. The van der Waals surface area contributed by atoms with Crippen LogP contribution in [0.15, 0.2) is 24.3 Å². The lowest BCUT2D eigenvalue weighted by Gasteiger charge is -2.40. The Morgan fingerprint density at radius 1 is 0.436 bits per heavy atom. The maximum atomic E-state index is 13.1. The molecule has 1 saturated heterocycles. The van der Waals surface area contributed by atoms with Gasteiger partial charge >= 0.3 is 0 Å². The Kier molecular flexibility index (Phi) is 56.3. The average Bonchev–Trinajstić information content (AvgIpc) is 3.46. The van der Waals surface area contributed by atoms with E-state index in [2.05, 4.69) is 43.5 Å². The summed E-state index contributed by atoms with van der Waals surface area (Å²) in [7, 11) is 0. The molecular formula is C69H133NO8. The number of aliphatic hydroxyl groups excluding tert-OH is 5. The summed E-state index contributed by atoms with van der Waals surface area (Å²) in [5.74, 6) is -0.137. The van der Waals surface area contributed by atoms with Crippen LogP contribution in [-0.2, 0) is 14.3 Å². The third kappa shape index (κ3) is 47.2. The van der Waals surface area contributed by atoms with Gasteiger partial charge in [0, 0.05) is 6.42 Å². The number of carbonyl (C=O) groups excluding carboxylic acids is 1. The van der Waals surface area contributed by atoms with Crippen molar-refractivity contribution in [3.63, 3.8) is 0 Å². The molecule has 6 N–H and O–H groups in total. The molecule has 0 radical (unpaired) electrons. The van der Waals surface area contributed by atoms with Gasteiger partial charge in [-0.2, -0.15) is 0 Å². The summed E-state index contributed by atoms with van der Waals surface area (Å²) in [5, 5.41) is 54.7. The first-order chi connectivity index (χ1) is 38.3. The summed E-state index contributed by atoms with van der Waals surface area (Å²) in [6.07, 6.45) is 69.8. The average molecular weight is 1100 g/mol. The highest BCUT2D eigenvalue weighted by Gasteiger charge is 2.44. The number of nitrogens with one attached hydrogen (secondary N) is 1. The molecule has 1 amide bonds. The van der Waals surface area contributed by atoms with Crippen LogP contribution < -0.4 is 5.32 Å². The van der Waals surface area contributed by atoms with Crippen LogP contribution in [0.2, 0.25) is 0 Å². The second-order valence-electron chi connectivity index (χ2n) is 24.3. The fourth-order valence-electron chi connectivity index (χ4n) is 11.4. The number of amides is 1. The normalized spacial score (nSPS) is 18.7. The minimum Gasteiger partial charge on any atom is -0.394 e. The summed E-state index contributed by atoms with van der Waals surface area (Å²) >= 11 is 0. The molecule has 0 aromatic rings. The van der Waals surface area contributed by atoms with Crippen molar-refractivity contribution in [2.24, 2.45) is 0 Å². The first kappa shape index (κ1) is 74.7. The summed E-state index contributed by atoms with van der Waals surface area (Å²) in [4.78, 5) is 13.1. The van der Waals surface area contributed by atoms with Crippen LogP contribution in [-0.4, -0.2) is 87.5 Å². The molecule has 1 aliphatic rings. The Balaban J connectivity index is 1.99. The van der Waals surface area contributed by atoms with Crippen LogP contribution in [0.4, 0.5) is 0 Å². The van der Waals surface area contributed by atoms with Crippen molar-refractivity contribution < 1.29 is 39.8 Å². The SMILES string of the molecule is CCCCCCC/C=C\C/C=C\CCCCCCCCCCCCCCCCCCCCCCCCCCCCCCCC(=O)NC(COC1OC(CO)C(O)C(O)C1O)C(O)CCCCCCCCCCCCCCCC. The molecule has 7 unspecified atom stereocenters. The van der Waals surface area contributed by atoms with E-state index in [4.69, 9.17) is 9.47 Å². The highest BCUT2D eigenvalue weighted by molar-refractivity contribution is 5.76. The first-order valence-electron chi connectivity index (χ1n) is 34.5. The third-order valence-electron chi connectivity index (χ3n) is 16.8. The third-order valence-corrected chi connectivity index (χ3v) is 16.8. The van der Waals surface area contributed by atoms with Crippen molar-refractivity contribution in [3.8, 4) is 0 Å². The predicted octanol–water partition coefficient (Wildman–Crippen LogP) is 18.5. The Hall–Kier alpha value is -1.33. The summed E-state index contributed by atoms with van der Waals surface area (Å²) in [6.45, 7) is 3.86. The lowest BCUT2D eigenvalue weighted by molar-refractivity contribution is -0.302. The fourth-order valence-corrected chi connectivity index (χ4v) is 11.4. The molecule has 9 heteroatoms. The van der Waals surface area contributed by atoms with Crippen molar-refractivity contribution in [1.29, 1.82) is 0 Å². The minimum atomic E-state index is -1.55. The molecule has 1 rings (SSSR count). The lowest BCUT2D eigenvalue weighted by Crippen LogP contribution is -2.60. The van der Waals surface area contributed by atoms with E-state index in [-0.39, 0.29) is 12.5 Å². The number of unbranched alkanes of at least 4 members (excludes halogenated alkanes) is 47. The Labute approximate surface area is 483 Å². The molecule has 0 saturated carbocycles. The van der Waals surface area contributed by atoms with Crippen molar-refractivity contribution in [3.05, 3.63) is 24.3 Å². The van der Waals surface area contributed by atoms with E-state index in [1.54, 1.807) is 0 Å². The minimum absolute atomic E-state index is 0.132. The van der Waals surface area contributed by atoms with E-state index in [0.717, 1.165) is 44.9 Å². The molecule has 0 aliphatic carbocycles. The predicted molar refractivity (Wildman–Crippen MR) is 332 cm³/mol. The molecule has 0 aromatic heterocycles. The quantitative estimate of drug-likeness (QED) is 0.0261. The molecule has 0 spiro atoms. The Morgan fingerprint density at radius 3 is 1.10 bits per heavy atom. The molecule has 1 aliphatic heterocycles. The van der Waals surface area contributed by atoms with E-state index in [1.807, 2.05) is 0 Å². The fraction of sp³-hybridized carbons (Fsp3) is 0.928.